The summed E-state index contributed by atoms with van der Waals surface area (Å²) in [7, 11) is 2.35. The molecule has 1 aromatic rings. The number of hydrogen-bond donors (Lipinski definition) is 0. The van der Waals surface area contributed by atoms with Crippen molar-refractivity contribution in [3.63, 3.8) is 0 Å². The second-order valence-electron chi connectivity index (χ2n) is 4.05. The third-order valence-corrected chi connectivity index (χ3v) is 3.45. The molecule has 1 aliphatic rings. The number of esters is 2. The smallest absolute Gasteiger partial charge is 0.381 e. The van der Waals surface area contributed by atoms with Gasteiger partial charge in [0.25, 0.3) is 5.78 Å². The molecule has 0 atom stereocenters. The van der Waals surface area contributed by atoms with E-state index in [1.54, 1.807) is 4.57 Å². The van der Waals surface area contributed by atoms with E-state index in [0.717, 1.165) is 13.5 Å². The molecule has 0 saturated carbocycles. The van der Waals surface area contributed by atoms with Crippen molar-refractivity contribution in [1.29, 1.82) is 0 Å². The zero-order valence-corrected chi connectivity index (χ0v) is 11.2. The molecule has 7 heteroatoms. The van der Waals surface area contributed by atoms with Gasteiger partial charge in [0.2, 0.25) is 0 Å². The molecule has 0 radical (unpaired) electrons. The van der Waals surface area contributed by atoms with Crippen LogP contribution in [0.3, 0.4) is 0 Å². The number of rotatable bonds is 3. The summed E-state index contributed by atoms with van der Waals surface area (Å²) in [6, 6.07) is 0. The van der Waals surface area contributed by atoms with Crippen LogP contribution in [0.5, 0.6) is 0 Å². The molecule has 2 heterocycles. The van der Waals surface area contributed by atoms with E-state index in [0.29, 0.717) is 18.7 Å². The van der Waals surface area contributed by atoms with E-state index in [-0.39, 0.29) is 16.3 Å². The van der Waals surface area contributed by atoms with Gasteiger partial charge in [0.05, 0.1) is 24.8 Å². The maximum Gasteiger partial charge on any atom is 0.381 e. The molecule has 19 heavy (non-hydrogen) atoms. The molecule has 1 aliphatic heterocycles. The Kier molecular flexibility index (Phi) is 3.61. The van der Waals surface area contributed by atoms with Gasteiger partial charge in [-0.05, 0) is 12.8 Å². The number of hydrogen-bond acceptors (Lipinski definition) is 5. The van der Waals surface area contributed by atoms with Crippen LogP contribution in [0.15, 0.2) is 0 Å². The monoisotopic (exact) mass is 285 g/mol. The number of halogens is 1. The van der Waals surface area contributed by atoms with Crippen LogP contribution in [0.25, 0.3) is 0 Å². The lowest BCUT2D eigenvalue weighted by atomic mass is 10.1. The fourth-order valence-electron chi connectivity index (χ4n) is 2.27. The number of aromatic nitrogens is 1. The highest BCUT2D eigenvalue weighted by atomic mass is 35.5. The van der Waals surface area contributed by atoms with E-state index in [4.69, 9.17) is 11.6 Å². The normalized spacial score (nSPS) is 13.0. The van der Waals surface area contributed by atoms with Crippen LogP contribution in [-0.4, -0.2) is 36.5 Å². The van der Waals surface area contributed by atoms with Gasteiger partial charge in [-0.3, -0.25) is 4.79 Å². The fraction of sp³-hybridized carbons (Fsp3) is 0.417. The van der Waals surface area contributed by atoms with Crippen LogP contribution in [0, 0.1) is 0 Å². The first-order chi connectivity index (χ1) is 9.02. The Labute approximate surface area is 114 Å². The number of fused-ring (bicyclic) bond motifs is 1. The molecule has 1 aromatic heterocycles. The van der Waals surface area contributed by atoms with Crippen molar-refractivity contribution in [2.45, 2.75) is 19.4 Å². The Morgan fingerprint density at radius 2 is 1.89 bits per heavy atom. The second-order valence-corrected chi connectivity index (χ2v) is 4.43. The predicted molar refractivity (Wildman–Crippen MR) is 65.4 cm³/mol. The predicted octanol–water partition coefficient (Wildman–Crippen LogP) is 1.23. The third kappa shape index (κ3) is 2.02. The zero-order chi connectivity index (χ0) is 14.2. The van der Waals surface area contributed by atoms with Crippen LogP contribution >= 0.6 is 11.6 Å². The van der Waals surface area contributed by atoms with Crippen LogP contribution in [-0.2, 0) is 27.2 Å². The zero-order valence-electron chi connectivity index (χ0n) is 10.5. The van der Waals surface area contributed by atoms with E-state index in [1.165, 1.54) is 7.11 Å². The number of Topliss-reactive ketones (excluding diaryl/α,β-unsaturated/α-hetero) is 1. The molecule has 0 amide bonds. The van der Waals surface area contributed by atoms with Gasteiger partial charge in [0, 0.05) is 12.2 Å². The first-order valence-electron chi connectivity index (χ1n) is 5.64. The Balaban J connectivity index is 2.60. The highest BCUT2D eigenvalue weighted by Crippen LogP contribution is 2.33. The molecule has 0 N–H and O–H groups in total. The van der Waals surface area contributed by atoms with Gasteiger partial charge in [-0.1, -0.05) is 11.6 Å². The van der Waals surface area contributed by atoms with Crippen molar-refractivity contribution in [3.8, 4) is 0 Å². The van der Waals surface area contributed by atoms with Gasteiger partial charge < -0.3 is 14.0 Å². The summed E-state index contributed by atoms with van der Waals surface area (Å²) in [5.41, 5.74) is 0.791. The van der Waals surface area contributed by atoms with Crippen LogP contribution < -0.4 is 0 Å². The van der Waals surface area contributed by atoms with Crippen molar-refractivity contribution >= 4 is 29.3 Å². The van der Waals surface area contributed by atoms with Gasteiger partial charge in [0.15, 0.2) is 0 Å². The molecule has 0 aliphatic carbocycles. The molecule has 6 nitrogen and oxygen atoms in total. The molecule has 0 aromatic carbocycles. The minimum absolute atomic E-state index is 0.00131. The number of ketones is 1. The summed E-state index contributed by atoms with van der Waals surface area (Å²) in [5, 5.41) is -0.0445. The van der Waals surface area contributed by atoms with Crippen LogP contribution in [0.2, 0.25) is 5.02 Å². The average Bonchev–Trinajstić information content (AvgIpc) is 2.95. The van der Waals surface area contributed by atoms with Gasteiger partial charge in [-0.25, -0.2) is 9.59 Å². The topological polar surface area (TPSA) is 74.6 Å². The first-order valence-corrected chi connectivity index (χ1v) is 6.02. The molecule has 0 unspecified atom stereocenters. The minimum Gasteiger partial charge on any atom is -0.465 e. The van der Waals surface area contributed by atoms with E-state index >= 15 is 0 Å². The molecule has 0 fully saturated rings. The molecule has 0 bridgehead atoms. The van der Waals surface area contributed by atoms with E-state index < -0.39 is 17.7 Å². The van der Waals surface area contributed by atoms with Crippen molar-refractivity contribution in [1.82, 2.24) is 4.57 Å². The van der Waals surface area contributed by atoms with E-state index in [2.05, 4.69) is 9.47 Å². The van der Waals surface area contributed by atoms with Crippen molar-refractivity contribution in [2.75, 3.05) is 14.2 Å². The number of carbonyl (C=O) groups is 3. The standard InChI is InChI=1S/C12H12ClNO5/c1-18-11(16)7-6-4-3-5-14(6)9(8(7)13)10(15)12(17)19-2/h3-5H2,1-2H3. The molecule has 0 spiro atoms. The highest BCUT2D eigenvalue weighted by Gasteiger charge is 2.34. The lowest BCUT2D eigenvalue weighted by Gasteiger charge is -2.03. The number of carbonyl (C=O) groups excluding carboxylic acids is 3. The summed E-state index contributed by atoms with van der Waals surface area (Å²) in [6.45, 7) is 0.532. The van der Waals surface area contributed by atoms with Crippen LogP contribution in [0.4, 0.5) is 0 Å². The summed E-state index contributed by atoms with van der Waals surface area (Å²) in [6.07, 6.45) is 1.39. The second kappa shape index (κ2) is 5.05. The van der Waals surface area contributed by atoms with E-state index in [1.807, 2.05) is 0 Å². The van der Waals surface area contributed by atoms with Gasteiger partial charge in [-0.2, -0.15) is 0 Å². The third-order valence-electron chi connectivity index (χ3n) is 3.08. The lowest BCUT2D eigenvalue weighted by Crippen LogP contribution is -2.19. The largest absolute Gasteiger partial charge is 0.465 e. The number of methoxy groups -OCH3 is 2. The summed E-state index contributed by atoms with van der Waals surface area (Å²) in [4.78, 5) is 35.0. The average molecular weight is 286 g/mol. The molecular weight excluding hydrogens is 274 g/mol. The molecule has 2 rings (SSSR count). The van der Waals surface area contributed by atoms with Gasteiger partial charge in [0.1, 0.15) is 5.69 Å². The van der Waals surface area contributed by atoms with Gasteiger partial charge >= 0.3 is 11.9 Å². The summed E-state index contributed by atoms with van der Waals surface area (Å²) >= 11 is 6.07. The summed E-state index contributed by atoms with van der Waals surface area (Å²) < 4.78 is 10.6. The van der Waals surface area contributed by atoms with Crippen molar-refractivity contribution in [2.24, 2.45) is 0 Å². The van der Waals surface area contributed by atoms with Crippen LogP contribution in [0.1, 0.15) is 33.0 Å². The van der Waals surface area contributed by atoms with Gasteiger partial charge in [-0.15, -0.1) is 0 Å². The maximum absolute atomic E-state index is 11.9. The Hall–Kier alpha value is -1.82. The first kappa shape index (κ1) is 13.6. The molecule has 0 saturated heterocycles. The van der Waals surface area contributed by atoms with Crippen molar-refractivity contribution < 1.29 is 23.9 Å². The number of nitrogens with zero attached hydrogens (tertiary/aromatic N) is 1. The Morgan fingerprint density at radius 3 is 2.47 bits per heavy atom. The molecular formula is C12H12ClNO5. The van der Waals surface area contributed by atoms with E-state index in [9.17, 15) is 14.4 Å². The fourth-order valence-corrected chi connectivity index (χ4v) is 2.64. The maximum atomic E-state index is 11.9. The Bertz CT molecular complexity index is 575. The highest BCUT2D eigenvalue weighted by molar-refractivity contribution is 6.46. The molecule has 102 valence electrons. The Morgan fingerprint density at radius 1 is 1.21 bits per heavy atom. The minimum atomic E-state index is -1.01. The summed E-state index contributed by atoms with van der Waals surface area (Å²) in [5.74, 6) is -2.48. The SMILES string of the molecule is COC(=O)C(=O)c1c(Cl)c(C(=O)OC)c2n1CCC2. The van der Waals surface area contributed by atoms with Crippen molar-refractivity contribution in [3.05, 3.63) is 22.0 Å². The number of ether oxygens (including phenoxy) is 2. The lowest BCUT2D eigenvalue weighted by molar-refractivity contribution is -0.135. The quantitative estimate of drug-likeness (QED) is 0.474.